The Bertz CT molecular complexity index is 561. The van der Waals surface area contributed by atoms with E-state index >= 15 is 0 Å². The van der Waals surface area contributed by atoms with Gasteiger partial charge in [-0.3, -0.25) is 0 Å². The summed E-state index contributed by atoms with van der Waals surface area (Å²) in [4.78, 5) is 8.57. The third kappa shape index (κ3) is 4.57. The molecule has 8 heteroatoms. The number of halogens is 1. The van der Waals surface area contributed by atoms with Gasteiger partial charge < -0.3 is 5.32 Å². The number of anilines is 1. The molecular formula is C12H21ClN4O2S. The van der Waals surface area contributed by atoms with Crippen molar-refractivity contribution in [2.45, 2.75) is 26.7 Å². The van der Waals surface area contributed by atoms with E-state index in [4.69, 9.17) is 11.6 Å². The molecule has 0 saturated heterocycles. The maximum atomic E-state index is 11.7. The maximum Gasteiger partial charge on any atom is 0.215 e. The summed E-state index contributed by atoms with van der Waals surface area (Å²) in [6.07, 6.45) is 1.67. The molecule has 0 aliphatic rings. The quantitative estimate of drug-likeness (QED) is 0.774. The lowest BCUT2D eigenvalue weighted by Gasteiger charge is -2.13. The van der Waals surface area contributed by atoms with Gasteiger partial charge in [0.25, 0.3) is 0 Å². The molecule has 0 saturated carbocycles. The number of aromatic nitrogens is 2. The van der Waals surface area contributed by atoms with Crippen molar-refractivity contribution in [2.24, 2.45) is 0 Å². The van der Waals surface area contributed by atoms with Crippen molar-refractivity contribution in [3.63, 3.8) is 0 Å². The summed E-state index contributed by atoms with van der Waals surface area (Å²) in [5, 5.41) is 3.43. The number of hydrogen-bond acceptors (Lipinski definition) is 5. The summed E-state index contributed by atoms with van der Waals surface area (Å²) in [6.45, 7) is 4.12. The van der Waals surface area contributed by atoms with Crippen molar-refractivity contribution in [3.05, 3.63) is 16.5 Å². The highest BCUT2D eigenvalue weighted by Crippen LogP contribution is 2.20. The number of nitrogens with one attached hydrogen (secondary N) is 1. The molecule has 6 nitrogen and oxygen atoms in total. The molecule has 0 unspecified atom stereocenters. The van der Waals surface area contributed by atoms with Crippen LogP contribution in [0.15, 0.2) is 0 Å². The molecule has 0 radical (unpaired) electrons. The average Bonchev–Trinajstić information content (AvgIpc) is 2.35. The molecule has 1 heterocycles. The summed E-state index contributed by atoms with van der Waals surface area (Å²) >= 11 is 6.06. The fraction of sp³-hybridized carbons (Fsp3) is 0.667. The monoisotopic (exact) mass is 320 g/mol. The van der Waals surface area contributed by atoms with Crippen LogP contribution in [0.2, 0.25) is 5.15 Å². The lowest BCUT2D eigenvalue weighted by atomic mass is 10.3. The third-order valence-electron chi connectivity index (χ3n) is 2.82. The van der Waals surface area contributed by atoms with Gasteiger partial charge >= 0.3 is 0 Å². The second-order valence-corrected chi connectivity index (χ2v) is 7.34. The van der Waals surface area contributed by atoms with Crippen LogP contribution in [0.25, 0.3) is 0 Å². The molecule has 0 fully saturated rings. The van der Waals surface area contributed by atoms with Gasteiger partial charge in [0.05, 0.1) is 5.75 Å². The van der Waals surface area contributed by atoms with Crippen LogP contribution in [0, 0.1) is 6.92 Å². The predicted molar refractivity (Wildman–Crippen MR) is 81.7 cm³/mol. The molecule has 0 aromatic carbocycles. The largest absolute Gasteiger partial charge is 0.369 e. The Labute approximate surface area is 125 Å². The number of hydrogen-bond donors (Lipinski definition) is 1. The smallest absolute Gasteiger partial charge is 0.215 e. The van der Waals surface area contributed by atoms with E-state index in [0.717, 1.165) is 18.4 Å². The zero-order chi connectivity index (χ0) is 15.3. The Morgan fingerprint density at radius 2 is 1.95 bits per heavy atom. The van der Waals surface area contributed by atoms with E-state index in [-0.39, 0.29) is 12.3 Å². The molecule has 0 atom stereocenters. The van der Waals surface area contributed by atoms with E-state index in [9.17, 15) is 8.42 Å². The van der Waals surface area contributed by atoms with Gasteiger partial charge in [-0.25, -0.2) is 22.7 Å². The lowest BCUT2D eigenvalue weighted by molar-refractivity contribution is 0.521. The van der Waals surface area contributed by atoms with Gasteiger partial charge in [0, 0.05) is 32.6 Å². The van der Waals surface area contributed by atoms with Crippen molar-refractivity contribution in [2.75, 3.05) is 31.7 Å². The Morgan fingerprint density at radius 1 is 1.30 bits per heavy atom. The van der Waals surface area contributed by atoms with Gasteiger partial charge in [0.2, 0.25) is 10.0 Å². The van der Waals surface area contributed by atoms with Gasteiger partial charge in [-0.05, 0) is 13.3 Å². The number of nitrogens with zero attached hydrogens (tertiary/aromatic N) is 3. The highest BCUT2D eigenvalue weighted by molar-refractivity contribution is 7.89. The van der Waals surface area contributed by atoms with Crippen molar-refractivity contribution < 1.29 is 8.42 Å². The predicted octanol–water partition coefficient (Wildman–Crippen LogP) is 1.69. The summed E-state index contributed by atoms with van der Waals surface area (Å²) in [5.74, 6) is 1.27. The van der Waals surface area contributed by atoms with Gasteiger partial charge in [-0.2, -0.15) is 0 Å². The number of aryl methyl sites for hydroxylation is 1. The lowest BCUT2D eigenvalue weighted by Crippen LogP contribution is -2.28. The summed E-state index contributed by atoms with van der Waals surface area (Å²) < 4.78 is 24.5. The number of rotatable bonds is 7. The van der Waals surface area contributed by atoms with Crippen LogP contribution < -0.4 is 5.32 Å². The van der Waals surface area contributed by atoms with Crippen molar-refractivity contribution in [3.8, 4) is 0 Å². The van der Waals surface area contributed by atoms with Gasteiger partial charge in [-0.1, -0.05) is 18.5 Å². The molecule has 20 heavy (non-hydrogen) atoms. The zero-order valence-electron chi connectivity index (χ0n) is 12.3. The summed E-state index contributed by atoms with van der Waals surface area (Å²) in [5.41, 5.74) is 0.730. The third-order valence-corrected chi connectivity index (χ3v) is 5.02. The first-order valence-corrected chi connectivity index (χ1v) is 8.43. The van der Waals surface area contributed by atoms with Crippen LogP contribution in [-0.4, -0.2) is 49.1 Å². The second kappa shape index (κ2) is 7.19. The first-order valence-electron chi connectivity index (χ1n) is 6.45. The zero-order valence-corrected chi connectivity index (χ0v) is 13.8. The Balaban J connectivity index is 2.77. The minimum atomic E-state index is -3.22. The van der Waals surface area contributed by atoms with Crippen LogP contribution in [0.5, 0.6) is 0 Å². The normalized spacial score (nSPS) is 11.9. The molecule has 0 amide bonds. The van der Waals surface area contributed by atoms with E-state index in [1.807, 2.05) is 6.92 Å². The van der Waals surface area contributed by atoms with E-state index in [1.54, 1.807) is 6.92 Å². The highest BCUT2D eigenvalue weighted by Gasteiger charge is 2.14. The number of sulfonamides is 1. The summed E-state index contributed by atoms with van der Waals surface area (Å²) in [7, 11) is -0.186. The molecule has 0 bridgehead atoms. The van der Waals surface area contributed by atoms with Crippen LogP contribution in [-0.2, 0) is 16.4 Å². The average molecular weight is 321 g/mol. The van der Waals surface area contributed by atoms with Gasteiger partial charge in [-0.15, -0.1) is 0 Å². The van der Waals surface area contributed by atoms with Crippen molar-refractivity contribution in [1.29, 1.82) is 0 Å². The first-order chi connectivity index (χ1) is 9.27. The van der Waals surface area contributed by atoms with Gasteiger partial charge in [0.1, 0.15) is 16.8 Å². The summed E-state index contributed by atoms with van der Waals surface area (Å²) in [6, 6.07) is 0. The molecular weight excluding hydrogens is 300 g/mol. The SMILES string of the molecule is CCCc1nc(Cl)c(C)c(NCCS(=O)(=O)N(C)C)n1. The second-order valence-electron chi connectivity index (χ2n) is 4.68. The highest BCUT2D eigenvalue weighted by atomic mass is 35.5. The molecule has 1 aromatic heterocycles. The fourth-order valence-corrected chi connectivity index (χ4v) is 2.43. The first kappa shape index (κ1) is 17.1. The molecule has 1 rings (SSSR count). The molecule has 1 N–H and O–H groups in total. The van der Waals surface area contributed by atoms with Crippen molar-refractivity contribution >= 4 is 27.4 Å². The topological polar surface area (TPSA) is 75.2 Å². The standard InChI is InChI=1S/C12H21ClN4O2S/c1-5-6-10-15-11(13)9(2)12(16-10)14-7-8-20(18,19)17(3)4/h5-8H2,1-4H3,(H,14,15,16). The molecule has 0 aliphatic heterocycles. The van der Waals surface area contributed by atoms with Crippen LogP contribution in [0.3, 0.4) is 0 Å². The molecule has 0 aliphatic carbocycles. The minimum Gasteiger partial charge on any atom is -0.369 e. The Morgan fingerprint density at radius 3 is 2.50 bits per heavy atom. The Kier molecular flexibility index (Phi) is 6.16. The van der Waals surface area contributed by atoms with Crippen LogP contribution in [0.4, 0.5) is 5.82 Å². The van der Waals surface area contributed by atoms with Crippen molar-refractivity contribution in [1.82, 2.24) is 14.3 Å². The molecule has 1 aromatic rings. The molecule has 0 spiro atoms. The van der Waals surface area contributed by atoms with E-state index in [2.05, 4.69) is 15.3 Å². The Hall–Kier alpha value is -0.920. The van der Waals surface area contributed by atoms with E-state index in [1.165, 1.54) is 18.4 Å². The fourth-order valence-electron chi connectivity index (χ4n) is 1.52. The minimum absolute atomic E-state index is 0.00414. The van der Waals surface area contributed by atoms with E-state index < -0.39 is 10.0 Å². The van der Waals surface area contributed by atoms with Crippen LogP contribution in [0.1, 0.15) is 24.7 Å². The maximum absolute atomic E-state index is 11.7. The van der Waals surface area contributed by atoms with E-state index in [0.29, 0.717) is 16.8 Å². The van der Waals surface area contributed by atoms with Crippen LogP contribution >= 0.6 is 11.6 Å². The molecule has 114 valence electrons. The van der Waals surface area contributed by atoms with Gasteiger partial charge in [0.15, 0.2) is 0 Å².